The zero-order valence-electron chi connectivity index (χ0n) is 6.18. The van der Waals surface area contributed by atoms with Crippen molar-refractivity contribution in [1.82, 2.24) is 0 Å². The predicted molar refractivity (Wildman–Crippen MR) is 39.0 cm³/mol. The van der Waals surface area contributed by atoms with Gasteiger partial charge in [-0.3, -0.25) is 0 Å². The molecule has 0 radical (unpaired) electrons. The van der Waals surface area contributed by atoms with Crippen molar-refractivity contribution in [2.24, 2.45) is 5.73 Å². The maximum atomic E-state index is 5.37. The molecular weight excluding hydrogens is 114 g/mol. The average Bonchev–Trinajstić information content (AvgIpc) is 1.82. The van der Waals surface area contributed by atoms with Gasteiger partial charge in [-0.25, -0.2) is 0 Å². The fourth-order valence-corrected chi connectivity index (χ4v) is 0.687. The summed E-state index contributed by atoms with van der Waals surface area (Å²) in [6.45, 7) is 5.66. The lowest BCUT2D eigenvalue weighted by molar-refractivity contribution is 0.0996. The Morgan fingerprint density at radius 2 is 2.33 bits per heavy atom. The molecule has 0 rings (SSSR count). The molecule has 0 amide bonds. The minimum absolute atomic E-state index is 0.252. The number of hydrogen-bond donors (Lipinski definition) is 1. The molecule has 9 heavy (non-hydrogen) atoms. The van der Waals surface area contributed by atoms with Crippen LogP contribution in [-0.2, 0) is 4.74 Å². The van der Waals surface area contributed by atoms with E-state index in [0.717, 1.165) is 12.8 Å². The second kappa shape index (κ2) is 4.39. The lowest BCUT2D eigenvalue weighted by Gasteiger charge is -2.11. The fourth-order valence-electron chi connectivity index (χ4n) is 0.687. The monoisotopic (exact) mass is 129 g/mol. The van der Waals surface area contributed by atoms with Gasteiger partial charge in [0.1, 0.15) is 0 Å². The van der Waals surface area contributed by atoms with E-state index >= 15 is 0 Å². The molecule has 2 nitrogen and oxygen atoms in total. The molecule has 2 heteroatoms. The van der Waals surface area contributed by atoms with Crippen LogP contribution in [0.1, 0.15) is 19.8 Å². The van der Waals surface area contributed by atoms with Gasteiger partial charge in [0.2, 0.25) is 0 Å². The van der Waals surface area contributed by atoms with E-state index in [4.69, 9.17) is 10.5 Å². The van der Waals surface area contributed by atoms with Gasteiger partial charge >= 0.3 is 0 Å². The van der Waals surface area contributed by atoms with E-state index in [1.165, 1.54) is 0 Å². The van der Waals surface area contributed by atoms with Crippen molar-refractivity contribution in [2.45, 2.75) is 25.9 Å². The predicted octanol–water partition coefficient (Wildman–Crippen LogP) is 1.27. The van der Waals surface area contributed by atoms with E-state index in [9.17, 15) is 0 Å². The molecule has 0 heterocycles. The molecule has 0 saturated heterocycles. The zero-order chi connectivity index (χ0) is 7.28. The van der Waals surface area contributed by atoms with Crippen LogP contribution < -0.4 is 5.73 Å². The summed E-state index contributed by atoms with van der Waals surface area (Å²) in [6, 6.07) is 0. The normalized spacial score (nSPS) is 13.1. The van der Waals surface area contributed by atoms with Crippen LogP contribution in [0.4, 0.5) is 0 Å². The molecule has 0 spiro atoms. The lowest BCUT2D eigenvalue weighted by Crippen LogP contribution is -2.12. The fraction of sp³-hybridized carbons (Fsp3) is 0.714. The Morgan fingerprint density at radius 3 is 2.44 bits per heavy atom. The maximum Gasteiger partial charge on any atom is 0.0622 e. The van der Waals surface area contributed by atoms with Gasteiger partial charge in [0.25, 0.3) is 0 Å². The smallest absolute Gasteiger partial charge is 0.0622 e. The SMILES string of the molecule is C=C(N)CC(CC)OC. The highest BCUT2D eigenvalue weighted by atomic mass is 16.5. The van der Waals surface area contributed by atoms with Gasteiger partial charge < -0.3 is 10.5 Å². The van der Waals surface area contributed by atoms with Crippen molar-refractivity contribution < 1.29 is 4.74 Å². The van der Waals surface area contributed by atoms with Crippen LogP contribution in [0.3, 0.4) is 0 Å². The Bertz CT molecular complexity index is 86.9. The topological polar surface area (TPSA) is 35.2 Å². The van der Waals surface area contributed by atoms with E-state index in [1.807, 2.05) is 0 Å². The van der Waals surface area contributed by atoms with Crippen LogP contribution >= 0.6 is 0 Å². The van der Waals surface area contributed by atoms with Crippen LogP contribution in [0, 0.1) is 0 Å². The Balaban J connectivity index is 3.43. The second-order valence-electron chi connectivity index (χ2n) is 2.13. The van der Waals surface area contributed by atoms with Crippen molar-refractivity contribution in [2.75, 3.05) is 7.11 Å². The Morgan fingerprint density at radius 1 is 1.78 bits per heavy atom. The first-order valence-corrected chi connectivity index (χ1v) is 3.16. The number of methoxy groups -OCH3 is 1. The molecule has 2 N–H and O–H groups in total. The minimum Gasteiger partial charge on any atom is -0.402 e. The summed E-state index contributed by atoms with van der Waals surface area (Å²) in [5, 5.41) is 0. The standard InChI is InChI=1S/C7H15NO/c1-4-7(9-3)5-6(2)8/h7H,2,4-5,8H2,1,3H3. The largest absolute Gasteiger partial charge is 0.402 e. The number of ether oxygens (including phenoxy) is 1. The van der Waals surface area contributed by atoms with Gasteiger partial charge in [0.15, 0.2) is 0 Å². The third-order valence-corrected chi connectivity index (χ3v) is 1.28. The summed E-state index contributed by atoms with van der Waals surface area (Å²) >= 11 is 0. The number of rotatable bonds is 4. The second-order valence-corrected chi connectivity index (χ2v) is 2.13. The van der Waals surface area contributed by atoms with Crippen molar-refractivity contribution in [3.63, 3.8) is 0 Å². The summed E-state index contributed by atoms with van der Waals surface area (Å²) < 4.78 is 5.07. The molecule has 1 unspecified atom stereocenters. The summed E-state index contributed by atoms with van der Waals surface area (Å²) in [7, 11) is 1.69. The molecule has 0 aliphatic carbocycles. The molecule has 0 aromatic heterocycles. The van der Waals surface area contributed by atoms with E-state index < -0.39 is 0 Å². The van der Waals surface area contributed by atoms with Crippen molar-refractivity contribution in [3.8, 4) is 0 Å². The van der Waals surface area contributed by atoms with Crippen LogP contribution in [0.2, 0.25) is 0 Å². The average molecular weight is 129 g/mol. The van der Waals surface area contributed by atoms with E-state index in [2.05, 4.69) is 13.5 Å². The van der Waals surface area contributed by atoms with Gasteiger partial charge in [0.05, 0.1) is 6.10 Å². The van der Waals surface area contributed by atoms with Gasteiger partial charge in [-0.1, -0.05) is 13.5 Å². The third-order valence-electron chi connectivity index (χ3n) is 1.28. The summed E-state index contributed by atoms with van der Waals surface area (Å²) in [4.78, 5) is 0. The quantitative estimate of drug-likeness (QED) is 0.620. The molecule has 0 saturated carbocycles. The third kappa shape index (κ3) is 4.03. The van der Waals surface area contributed by atoms with Gasteiger partial charge in [0, 0.05) is 19.2 Å². The summed E-state index contributed by atoms with van der Waals surface area (Å²) in [5.41, 5.74) is 6.07. The molecule has 0 aromatic carbocycles. The van der Waals surface area contributed by atoms with Crippen LogP contribution in [0.5, 0.6) is 0 Å². The van der Waals surface area contributed by atoms with Crippen LogP contribution in [-0.4, -0.2) is 13.2 Å². The first-order valence-electron chi connectivity index (χ1n) is 3.16. The Kier molecular flexibility index (Phi) is 4.14. The maximum absolute atomic E-state index is 5.37. The first kappa shape index (κ1) is 8.50. The van der Waals surface area contributed by atoms with Gasteiger partial charge in [-0.15, -0.1) is 0 Å². The highest BCUT2D eigenvalue weighted by Gasteiger charge is 2.02. The molecular formula is C7H15NO. The van der Waals surface area contributed by atoms with E-state index in [0.29, 0.717) is 5.70 Å². The molecule has 0 aromatic rings. The Labute approximate surface area is 56.7 Å². The minimum atomic E-state index is 0.252. The van der Waals surface area contributed by atoms with Gasteiger partial charge in [-0.05, 0) is 6.42 Å². The molecule has 1 atom stereocenters. The molecule has 0 fully saturated rings. The highest BCUT2D eigenvalue weighted by Crippen LogP contribution is 2.04. The molecule has 0 aliphatic rings. The highest BCUT2D eigenvalue weighted by molar-refractivity contribution is 4.88. The summed E-state index contributed by atoms with van der Waals surface area (Å²) in [5.74, 6) is 0. The van der Waals surface area contributed by atoms with Gasteiger partial charge in [-0.2, -0.15) is 0 Å². The van der Waals surface area contributed by atoms with Crippen molar-refractivity contribution >= 4 is 0 Å². The molecule has 0 bridgehead atoms. The molecule has 0 aliphatic heterocycles. The Hall–Kier alpha value is -0.500. The van der Waals surface area contributed by atoms with Crippen LogP contribution in [0.25, 0.3) is 0 Å². The lowest BCUT2D eigenvalue weighted by atomic mass is 10.2. The van der Waals surface area contributed by atoms with E-state index in [1.54, 1.807) is 7.11 Å². The number of hydrogen-bond acceptors (Lipinski definition) is 2. The van der Waals surface area contributed by atoms with Crippen molar-refractivity contribution in [3.05, 3.63) is 12.3 Å². The molecule has 54 valence electrons. The number of nitrogens with two attached hydrogens (primary N) is 1. The van der Waals surface area contributed by atoms with Crippen LogP contribution in [0.15, 0.2) is 12.3 Å². The van der Waals surface area contributed by atoms with E-state index in [-0.39, 0.29) is 6.10 Å². The summed E-state index contributed by atoms with van der Waals surface area (Å²) in [6.07, 6.45) is 2.02. The first-order chi connectivity index (χ1) is 4.20. The zero-order valence-corrected chi connectivity index (χ0v) is 6.18. The van der Waals surface area contributed by atoms with Crippen molar-refractivity contribution in [1.29, 1.82) is 0 Å².